The Labute approximate surface area is 99.1 Å². The lowest BCUT2D eigenvalue weighted by molar-refractivity contribution is -0.133. The molecule has 5 heteroatoms. The van der Waals surface area contributed by atoms with E-state index in [0.29, 0.717) is 6.04 Å². The summed E-state index contributed by atoms with van der Waals surface area (Å²) in [5, 5.41) is 9.53. The summed E-state index contributed by atoms with van der Waals surface area (Å²) >= 11 is 1.32. The van der Waals surface area contributed by atoms with E-state index in [-0.39, 0.29) is 5.75 Å². The van der Waals surface area contributed by atoms with Gasteiger partial charge in [0.25, 0.3) is 0 Å². The molecule has 1 aliphatic carbocycles. The standard InChI is InChI=1S/C11H16N2O2S/c1-8-6-13(9-4-2-3-5-9)11(12-8)16-7-10(14)15/h6,9H,2-5,7H2,1H3,(H,14,15). The quantitative estimate of drug-likeness (QED) is 0.821. The Morgan fingerprint density at radius 3 is 2.94 bits per heavy atom. The van der Waals surface area contributed by atoms with Crippen LogP contribution in [0.4, 0.5) is 0 Å². The highest BCUT2D eigenvalue weighted by Gasteiger charge is 2.20. The van der Waals surface area contributed by atoms with Gasteiger partial charge in [-0.05, 0) is 19.8 Å². The third kappa shape index (κ3) is 2.58. The molecule has 2 rings (SSSR count). The first-order chi connectivity index (χ1) is 7.66. The average Bonchev–Trinajstić information content (AvgIpc) is 2.82. The van der Waals surface area contributed by atoms with Crippen molar-refractivity contribution in [2.75, 3.05) is 5.75 Å². The van der Waals surface area contributed by atoms with Crippen molar-refractivity contribution in [3.63, 3.8) is 0 Å². The molecular weight excluding hydrogens is 224 g/mol. The van der Waals surface area contributed by atoms with Crippen LogP contribution in [0.25, 0.3) is 0 Å². The van der Waals surface area contributed by atoms with Gasteiger partial charge in [0.05, 0.1) is 11.4 Å². The molecule has 1 N–H and O–H groups in total. The molecule has 1 fully saturated rings. The first-order valence-corrected chi connectivity index (χ1v) is 6.55. The summed E-state index contributed by atoms with van der Waals surface area (Å²) < 4.78 is 2.16. The number of carbonyl (C=O) groups is 1. The first-order valence-electron chi connectivity index (χ1n) is 5.57. The predicted molar refractivity (Wildman–Crippen MR) is 62.8 cm³/mol. The molecule has 4 nitrogen and oxygen atoms in total. The molecule has 16 heavy (non-hydrogen) atoms. The molecule has 1 saturated carbocycles. The third-order valence-corrected chi connectivity index (χ3v) is 3.81. The minimum Gasteiger partial charge on any atom is -0.481 e. The maximum atomic E-state index is 10.6. The van der Waals surface area contributed by atoms with Gasteiger partial charge in [-0.15, -0.1) is 0 Å². The summed E-state index contributed by atoms with van der Waals surface area (Å²) in [5.74, 6) is -0.702. The number of thioether (sulfide) groups is 1. The number of carboxylic acid groups (broad SMARTS) is 1. The SMILES string of the molecule is Cc1cn(C2CCCC2)c(SCC(=O)O)n1. The number of aliphatic carboxylic acids is 1. The van der Waals surface area contributed by atoms with Crippen LogP contribution in [0, 0.1) is 6.92 Å². The molecule has 0 unspecified atom stereocenters. The van der Waals surface area contributed by atoms with Crippen LogP contribution in [-0.4, -0.2) is 26.4 Å². The van der Waals surface area contributed by atoms with Crippen molar-refractivity contribution in [3.05, 3.63) is 11.9 Å². The number of aryl methyl sites for hydroxylation is 1. The molecule has 1 aromatic rings. The van der Waals surface area contributed by atoms with Crippen molar-refractivity contribution >= 4 is 17.7 Å². The fourth-order valence-electron chi connectivity index (χ4n) is 2.17. The third-order valence-electron chi connectivity index (χ3n) is 2.86. The molecule has 0 saturated heterocycles. The summed E-state index contributed by atoms with van der Waals surface area (Å²) in [6.07, 6.45) is 6.96. The van der Waals surface area contributed by atoms with Crippen LogP contribution in [0.15, 0.2) is 11.4 Å². The summed E-state index contributed by atoms with van der Waals surface area (Å²) in [7, 11) is 0. The van der Waals surface area contributed by atoms with Gasteiger partial charge in [0.15, 0.2) is 5.16 Å². The second-order valence-corrected chi connectivity index (χ2v) is 5.14. The molecule has 1 heterocycles. The zero-order chi connectivity index (χ0) is 11.5. The smallest absolute Gasteiger partial charge is 0.313 e. The zero-order valence-corrected chi connectivity index (χ0v) is 10.2. The summed E-state index contributed by atoms with van der Waals surface area (Å²) in [5.41, 5.74) is 0.972. The van der Waals surface area contributed by atoms with Gasteiger partial charge in [0.2, 0.25) is 0 Å². The second-order valence-electron chi connectivity index (χ2n) is 4.19. The average molecular weight is 240 g/mol. The van der Waals surface area contributed by atoms with Crippen LogP contribution < -0.4 is 0 Å². The van der Waals surface area contributed by atoms with E-state index in [2.05, 4.69) is 9.55 Å². The van der Waals surface area contributed by atoms with E-state index in [0.717, 1.165) is 10.9 Å². The minimum atomic E-state index is -0.788. The van der Waals surface area contributed by atoms with Gasteiger partial charge in [0.1, 0.15) is 0 Å². The van der Waals surface area contributed by atoms with Gasteiger partial charge in [-0.3, -0.25) is 4.79 Å². The number of nitrogens with zero attached hydrogens (tertiary/aromatic N) is 2. The van der Waals surface area contributed by atoms with Crippen LogP contribution >= 0.6 is 11.8 Å². The zero-order valence-electron chi connectivity index (χ0n) is 9.35. The second kappa shape index (κ2) is 4.91. The number of carboxylic acids is 1. The van der Waals surface area contributed by atoms with E-state index in [4.69, 9.17) is 5.11 Å². The number of hydrogen-bond acceptors (Lipinski definition) is 3. The molecule has 0 aliphatic heterocycles. The van der Waals surface area contributed by atoms with Crippen molar-refractivity contribution in [3.8, 4) is 0 Å². The van der Waals surface area contributed by atoms with Crippen molar-refractivity contribution in [1.29, 1.82) is 0 Å². The molecule has 0 atom stereocenters. The Morgan fingerprint density at radius 2 is 2.31 bits per heavy atom. The van der Waals surface area contributed by atoms with E-state index >= 15 is 0 Å². The lowest BCUT2D eigenvalue weighted by Gasteiger charge is -2.13. The first kappa shape index (κ1) is 11.5. The van der Waals surface area contributed by atoms with Crippen LogP contribution in [-0.2, 0) is 4.79 Å². The molecule has 0 spiro atoms. The highest BCUT2D eigenvalue weighted by Crippen LogP contribution is 2.33. The molecule has 0 radical (unpaired) electrons. The predicted octanol–water partition coefficient (Wildman–Crippen LogP) is 2.48. The Morgan fingerprint density at radius 1 is 1.62 bits per heavy atom. The van der Waals surface area contributed by atoms with E-state index in [1.807, 2.05) is 13.1 Å². The molecule has 1 aromatic heterocycles. The summed E-state index contributed by atoms with van der Waals surface area (Å²) in [6.45, 7) is 1.95. The van der Waals surface area contributed by atoms with Crippen LogP contribution in [0.1, 0.15) is 37.4 Å². The van der Waals surface area contributed by atoms with E-state index in [1.54, 1.807) is 0 Å². The minimum absolute atomic E-state index is 0.0865. The van der Waals surface area contributed by atoms with Gasteiger partial charge in [-0.1, -0.05) is 24.6 Å². The van der Waals surface area contributed by atoms with Crippen molar-refractivity contribution in [2.45, 2.75) is 43.8 Å². The molecule has 0 aromatic carbocycles. The molecular formula is C11H16N2O2S. The highest BCUT2D eigenvalue weighted by molar-refractivity contribution is 7.99. The van der Waals surface area contributed by atoms with Crippen molar-refractivity contribution in [1.82, 2.24) is 9.55 Å². The van der Waals surface area contributed by atoms with E-state index in [1.165, 1.54) is 37.4 Å². The number of rotatable bonds is 4. The maximum Gasteiger partial charge on any atom is 0.313 e. The van der Waals surface area contributed by atoms with Crippen LogP contribution in [0.5, 0.6) is 0 Å². The normalized spacial score (nSPS) is 16.8. The number of aromatic nitrogens is 2. The van der Waals surface area contributed by atoms with Gasteiger partial charge in [0, 0.05) is 12.2 Å². The van der Waals surface area contributed by atoms with Crippen molar-refractivity contribution in [2.24, 2.45) is 0 Å². The largest absolute Gasteiger partial charge is 0.481 e. The Hall–Kier alpha value is -0.970. The van der Waals surface area contributed by atoms with Gasteiger partial charge in [-0.25, -0.2) is 4.98 Å². The van der Waals surface area contributed by atoms with Crippen LogP contribution in [0.3, 0.4) is 0 Å². The lowest BCUT2D eigenvalue weighted by atomic mass is 10.2. The Bertz CT molecular complexity index is 383. The topological polar surface area (TPSA) is 55.1 Å². The molecule has 88 valence electrons. The van der Waals surface area contributed by atoms with Gasteiger partial charge >= 0.3 is 5.97 Å². The fraction of sp³-hybridized carbons (Fsp3) is 0.636. The summed E-state index contributed by atoms with van der Waals surface area (Å²) in [4.78, 5) is 14.9. The Balaban J connectivity index is 2.12. The van der Waals surface area contributed by atoms with E-state index in [9.17, 15) is 4.79 Å². The monoisotopic (exact) mass is 240 g/mol. The number of hydrogen-bond donors (Lipinski definition) is 1. The molecule has 1 aliphatic rings. The van der Waals surface area contributed by atoms with E-state index < -0.39 is 5.97 Å². The van der Waals surface area contributed by atoms with Crippen molar-refractivity contribution < 1.29 is 9.90 Å². The number of imidazole rings is 1. The van der Waals surface area contributed by atoms with Gasteiger partial charge in [-0.2, -0.15) is 0 Å². The lowest BCUT2D eigenvalue weighted by Crippen LogP contribution is -2.06. The van der Waals surface area contributed by atoms with Crippen LogP contribution in [0.2, 0.25) is 0 Å². The fourth-order valence-corrected chi connectivity index (χ4v) is 2.98. The maximum absolute atomic E-state index is 10.6. The molecule has 0 amide bonds. The molecule has 0 bridgehead atoms. The van der Waals surface area contributed by atoms with Gasteiger partial charge < -0.3 is 9.67 Å². The summed E-state index contributed by atoms with van der Waals surface area (Å²) in [6, 6.07) is 0.525. The highest BCUT2D eigenvalue weighted by atomic mass is 32.2. The Kier molecular flexibility index (Phi) is 3.53.